The summed E-state index contributed by atoms with van der Waals surface area (Å²) in [5.74, 6) is 1.13. The Balaban J connectivity index is 1.21. The summed E-state index contributed by atoms with van der Waals surface area (Å²) in [5, 5.41) is 20.9. The highest BCUT2D eigenvalue weighted by Crippen LogP contribution is 2.39. The number of hydrogen-bond acceptors (Lipinski definition) is 9. The third kappa shape index (κ3) is 12.2. The maximum Gasteiger partial charge on any atom is 0.416 e. The molecule has 0 heterocycles. The molecule has 2 unspecified atom stereocenters. The molecule has 0 aromatic heterocycles. The van der Waals surface area contributed by atoms with E-state index in [9.17, 15) is 41.1 Å². The molecule has 0 fully saturated rings. The van der Waals surface area contributed by atoms with Gasteiger partial charge < -0.3 is 38.2 Å². The molecule has 18 heteroatoms. The van der Waals surface area contributed by atoms with Gasteiger partial charge in [0, 0.05) is 0 Å². The molecule has 0 amide bonds. The number of aliphatic hydroxyl groups excluding tert-OH is 2. The van der Waals surface area contributed by atoms with Crippen LogP contribution in [0.3, 0.4) is 0 Å². The predicted molar refractivity (Wildman–Crippen MR) is 188 cm³/mol. The summed E-state index contributed by atoms with van der Waals surface area (Å²) in [6, 6.07) is 17.4. The molecule has 2 N–H and O–H groups in total. The van der Waals surface area contributed by atoms with Gasteiger partial charge in [0.2, 0.25) is 0 Å². The third-order valence-corrected chi connectivity index (χ3v) is 9.10. The van der Waals surface area contributed by atoms with Crippen molar-refractivity contribution in [2.24, 2.45) is 0 Å². The monoisotopic (exact) mass is 826 g/mol. The summed E-state index contributed by atoms with van der Waals surface area (Å²) < 4.78 is 123. The molecule has 0 aliphatic heterocycles. The quantitative estimate of drug-likeness (QED) is 0.0842. The smallest absolute Gasteiger partial charge is 0.416 e. The molecule has 4 aromatic carbocycles. The van der Waals surface area contributed by atoms with E-state index >= 15 is 0 Å². The molecule has 2 atom stereocenters. The molecule has 0 aliphatic carbocycles. The van der Waals surface area contributed by atoms with Crippen molar-refractivity contribution in [3.63, 3.8) is 0 Å². The van der Waals surface area contributed by atoms with Crippen molar-refractivity contribution in [3.05, 3.63) is 106 Å². The van der Waals surface area contributed by atoms with Crippen LogP contribution in [0.1, 0.15) is 38.8 Å². The van der Waals surface area contributed by atoms with Crippen molar-refractivity contribution in [2.75, 3.05) is 13.2 Å². The van der Waals surface area contributed by atoms with Crippen LogP contribution in [0.2, 0.25) is 10.0 Å². The van der Waals surface area contributed by atoms with E-state index in [-0.39, 0.29) is 33.0 Å². The van der Waals surface area contributed by atoms with Crippen molar-refractivity contribution in [1.29, 1.82) is 0 Å². The third-order valence-electron chi connectivity index (χ3n) is 7.71. The Morgan fingerprint density at radius 2 is 0.889 bits per heavy atom. The molecule has 0 aliphatic rings. The first-order chi connectivity index (χ1) is 25.0. The Bertz CT molecular complexity index is 1750. The van der Waals surface area contributed by atoms with Crippen LogP contribution in [0.15, 0.2) is 84.9 Å². The second kappa shape index (κ2) is 17.4. The highest BCUT2D eigenvalue weighted by Gasteiger charge is 2.34. The minimum absolute atomic E-state index is 0.0126. The van der Waals surface area contributed by atoms with Crippen LogP contribution in [0.4, 0.5) is 26.3 Å². The fourth-order valence-electron chi connectivity index (χ4n) is 4.41. The van der Waals surface area contributed by atoms with Gasteiger partial charge in [0.15, 0.2) is 0 Å². The largest absolute Gasteiger partial charge is 0.485 e. The minimum atomic E-state index is -4.55. The van der Waals surface area contributed by atoms with E-state index < -0.39 is 68.4 Å². The van der Waals surface area contributed by atoms with E-state index in [0.29, 0.717) is 11.5 Å². The fraction of sp³-hybridized carbons (Fsp3) is 0.333. The van der Waals surface area contributed by atoms with Crippen LogP contribution < -0.4 is 18.9 Å². The molecule has 0 radical (unpaired) electrons. The van der Waals surface area contributed by atoms with Gasteiger partial charge in [-0.3, -0.25) is 4.57 Å². The van der Waals surface area contributed by atoms with Gasteiger partial charge in [0.25, 0.3) is 0 Å². The number of hydrogen-bond donors (Lipinski definition) is 2. The second-order valence-electron chi connectivity index (χ2n) is 12.7. The molecule has 4 aromatic rings. The van der Waals surface area contributed by atoms with Crippen molar-refractivity contribution in [3.8, 4) is 34.5 Å². The molecule has 0 spiro atoms. The maximum absolute atomic E-state index is 12.9. The van der Waals surface area contributed by atoms with Gasteiger partial charge in [0.05, 0.1) is 34.4 Å². The van der Waals surface area contributed by atoms with Gasteiger partial charge in [-0.2, -0.15) is 26.3 Å². The van der Waals surface area contributed by atoms with E-state index in [2.05, 4.69) is 0 Å². The van der Waals surface area contributed by atoms with Crippen LogP contribution in [-0.4, -0.2) is 46.8 Å². The molecule has 9 nitrogen and oxygen atoms in total. The molecule has 294 valence electrons. The Hall–Kier alpha value is -3.69. The number of alkyl halides is 6. The zero-order valence-corrected chi connectivity index (χ0v) is 31.4. The summed E-state index contributed by atoms with van der Waals surface area (Å²) >= 11 is 11.9. The average Bonchev–Trinajstić information content (AvgIpc) is 3.08. The van der Waals surface area contributed by atoms with Crippen molar-refractivity contribution >= 4 is 31.5 Å². The summed E-state index contributed by atoms with van der Waals surface area (Å²) in [7, 11) is -3.20. The van der Waals surface area contributed by atoms with Crippen LogP contribution in [0, 0.1) is 0 Å². The Labute approximate surface area is 317 Å². The van der Waals surface area contributed by atoms with Gasteiger partial charge in [-0.1, -0.05) is 23.2 Å². The van der Waals surface area contributed by atoms with Gasteiger partial charge in [0.1, 0.15) is 57.9 Å². The number of benzene rings is 4. The van der Waals surface area contributed by atoms with Gasteiger partial charge in [-0.05, 0) is 113 Å². The highest BCUT2D eigenvalue weighted by atomic mass is 35.5. The lowest BCUT2D eigenvalue weighted by atomic mass is 10.0. The summed E-state index contributed by atoms with van der Waals surface area (Å²) in [4.78, 5) is 0. The second-order valence-corrected chi connectivity index (χ2v) is 14.6. The van der Waals surface area contributed by atoms with Crippen LogP contribution in [0.5, 0.6) is 34.5 Å². The fourth-order valence-corrected chi connectivity index (χ4v) is 5.52. The first-order valence-corrected chi connectivity index (χ1v) is 17.8. The lowest BCUT2D eigenvalue weighted by Crippen LogP contribution is -2.45. The topological polar surface area (TPSA) is 113 Å². The Morgan fingerprint density at radius 1 is 0.574 bits per heavy atom. The number of aliphatic hydroxyl groups is 2. The van der Waals surface area contributed by atoms with Crippen LogP contribution in [-0.2, 0) is 26.0 Å². The van der Waals surface area contributed by atoms with Crippen molar-refractivity contribution < 1.29 is 69.1 Å². The summed E-state index contributed by atoms with van der Waals surface area (Å²) in [6.45, 7) is 5.30. The van der Waals surface area contributed by atoms with E-state index in [1.54, 1.807) is 27.7 Å². The molecule has 0 bridgehead atoms. The normalized spacial score (nSPS) is 14.3. The Kier molecular flexibility index (Phi) is 13.9. The standard InChI is InChI=1S/C36H35Cl2F6O9P/c1-33(2,52-25-11-7-23(8-12-25)50-29-15-5-21(17-27(29)37)35(39,40)41)31(45)19-48-54(47)49-20-32(46)34(3,4)53-26-13-9-24(10-14-26)51-30-16-6-22(18-28(30)38)36(42,43)44/h5-18,31-32,45-46,54H,19-20H2,1-4H3. The molecule has 0 saturated carbocycles. The summed E-state index contributed by atoms with van der Waals surface area (Å²) in [5.41, 5.74) is -4.36. The van der Waals surface area contributed by atoms with Gasteiger partial charge in [-0.15, -0.1) is 0 Å². The number of halogens is 8. The van der Waals surface area contributed by atoms with Crippen LogP contribution in [0.25, 0.3) is 0 Å². The lowest BCUT2D eigenvalue weighted by Gasteiger charge is -2.32. The van der Waals surface area contributed by atoms with E-state index in [0.717, 1.165) is 36.4 Å². The highest BCUT2D eigenvalue weighted by molar-refractivity contribution is 7.33. The zero-order chi connectivity index (χ0) is 40.1. The minimum Gasteiger partial charge on any atom is -0.485 e. The summed E-state index contributed by atoms with van der Waals surface area (Å²) in [6.07, 6.45) is -11.7. The van der Waals surface area contributed by atoms with E-state index in [4.69, 9.17) is 51.2 Å². The average molecular weight is 828 g/mol. The van der Waals surface area contributed by atoms with Crippen LogP contribution >= 0.6 is 31.5 Å². The first-order valence-electron chi connectivity index (χ1n) is 15.9. The predicted octanol–water partition coefficient (Wildman–Crippen LogP) is 10.8. The number of ether oxygens (including phenoxy) is 4. The molecule has 54 heavy (non-hydrogen) atoms. The number of rotatable bonds is 16. The molecular weight excluding hydrogens is 792 g/mol. The first kappa shape index (κ1) is 43.0. The maximum atomic E-state index is 12.9. The zero-order valence-electron chi connectivity index (χ0n) is 28.9. The van der Waals surface area contributed by atoms with E-state index in [1.807, 2.05) is 0 Å². The Morgan fingerprint density at radius 3 is 1.19 bits per heavy atom. The SMILES string of the molecule is CC(C)(Oc1ccc(Oc2ccc(C(F)(F)F)cc2Cl)cc1)C(O)CO[PH](=O)OCC(O)C(C)(C)Oc1ccc(Oc2ccc(C(F)(F)F)cc2Cl)cc1. The van der Waals surface area contributed by atoms with E-state index in [1.165, 1.54) is 48.5 Å². The van der Waals surface area contributed by atoms with Gasteiger partial charge in [-0.25, -0.2) is 0 Å². The molecule has 4 rings (SSSR count). The molecule has 0 saturated heterocycles. The van der Waals surface area contributed by atoms with Crippen molar-refractivity contribution in [1.82, 2.24) is 0 Å². The lowest BCUT2D eigenvalue weighted by molar-refractivity contribution is -0.138. The van der Waals surface area contributed by atoms with Gasteiger partial charge >= 0.3 is 20.6 Å². The molecular formula is C36H35Cl2F6O9P. The van der Waals surface area contributed by atoms with Crippen molar-refractivity contribution in [2.45, 2.75) is 63.5 Å².